The summed E-state index contributed by atoms with van der Waals surface area (Å²) in [7, 11) is 1.78. The Morgan fingerprint density at radius 1 is 1.38 bits per heavy atom. The molecule has 9 heteroatoms. The van der Waals surface area contributed by atoms with Gasteiger partial charge in [-0.3, -0.25) is 19.6 Å². The van der Waals surface area contributed by atoms with E-state index in [9.17, 15) is 14.9 Å². The maximum absolute atomic E-state index is 12.4. The van der Waals surface area contributed by atoms with E-state index in [1.54, 1.807) is 17.8 Å². The summed E-state index contributed by atoms with van der Waals surface area (Å²) < 4.78 is 1.65. The van der Waals surface area contributed by atoms with Crippen molar-refractivity contribution in [1.29, 1.82) is 0 Å². The average molecular weight is 346 g/mol. The van der Waals surface area contributed by atoms with Crippen LogP contribution in [0.3, 0.4) is 0 Å². The predicted octanol–water partition coefficient (Wildman–Crippen LogP) is 3.09. The lowest BCUT2D eigenvalue weighted by Crippen LogP contribution is -2.13. The highest BCUT2D eigenvalue weighted by Gasteiger charge is 2.17. The smallest absolute Gasteiger partial charge is 0.270 e. The third-order valence-corrected chi connectivity index (χ3v) is 3.86. The van der Waals surface area contributed by atoms with E-state index in [0.29, 0.717) is 11.3 Å². The number of non-ortho nitro benzene ring substituents is 1. The van der Waals surface area contributed by atoms with E-state index in [-0.39, 0.29) is 16.3 Å². The number of aryl methyl sites for hydroxylation is 2. The number of carbonyl (C=O) groups excluding carboxylic acids is 1. The van der Waals surface area contributed by atoms with E-state index in [0.717, 1.165) is 17.1 Å². The molecule has 2 aromatic heterocycles. The van der Waals surface area contributed by atoms with Crippen molar-refractivity contribution in [2.24, 2.45) is 7.05 Å². The zero-order chi connectivity index (χ0) is 17.4. The first-order valence-electron chi connectivity index (χ1n) is 6.91. The average Bonchev–Trinajstić information content (AvgIpc) is 2.81. The van der Waals surface area contributed by atoms with Crippen LogP contribution in [0.25, 0.3) is 11.0 Å². The number of fused-ring (bicyclic) bond motifs is 1. The van der Waals surface area contributed by atoms with Crippen LogP contribution in [0.4, 0.5) is 11.4 Å². The second-order valence-corrected chi connectivity index (χ2v) is 5.59. The van der Waals surface area contributed by atoms with Gasteiger partial charge in [-0.1, -0.05) is 11.6 Å². The van der Waals surface area contributed by atoms with Crippen LogP contribution in [-0.4, -0.2) is 25.6 Å². The molecule has 3 aromatic rings. The molecule has 0 radical (unpaired) electrons. The van der Waals surface area contributed by atoms with E-state index in [1.807, 2.05) is 6.92 Å². The van der Waals surface area contributed by atoms with Crippen LogP contribution in [0.1, 0.15) is 16.1 Å². The van der Waals surface area contributed by atoms with Crippen molar-refractivity contribution in [1.82, 2.24) is 14.8 Å². The second-order valence-electron chi connectivity index (χ2n) is 5.18. The third-order valence-electron chi connectivity index (χ3n) is 3.53. The molecule has 0 aliphatic rings. The monoisotopic (exact) mass is 345 g/mol. The summed E-state index contributed by atoms with van der Waals surface area (Å²) in [5.41, 5.74) is 1.74. The van der Waals surface area contributed by atoms with Gasteiger partial charge in [-0.15, -0.1) is 0 Å². The number of amides is 1. The zero-order valence-electron chi connectivity index (χ0n) is 12.8. The maximum atomic E-state index is 12.4. The molecule has 0 spiro atoms. The van der Waals surface area contributed by atoms with Crippen LogP contribution >= 0.6 is 11.6 Å². The van der Waals surface area contributed by atoms with Crippen molar-refractivity contribution in [2.75, 3.05) is 5.32 Å². The third kappa shape index (κ3) is 2.79. The maximum Gasteiger partial charge on any atom is 0.270 e. The number of hydrogen-bond donors (Lipinski definition) is 1. The van der Waals surface area contributed by atoms with Crippen molar-refractivity contribution < 1.29 is 9.72 Å². The number of carbonyl (C=O) groups is 1. The molecule has 0 aliphatic carbocycles. The SMILES string of the molecule is Cc1nn(C)c2ncc(NC(=O)c3cc([N+](=O)[O-])ccc3Cl)cc12. The molecule has 8 nitrogen and oxygen atoms in total. The summed E-state index contributed by atoms with van der Waals surface area (Å²) in [5, 5.41) is 18.7. The van der Waals surface area contributed by atoms with Crippen molar-refractivity contribution in [3.63, 3.8) is 0 Å². The van der Waals surface area contributed by atoms with Gasteiger partial charge in [0.05, 0.1) is 33.1 Å². The Labute approximate surface area is 141 Å². The standard InChI is InChI=1S/C15H12ClN5O3/c1-8-11-5-9(7-17-14(11)20(2)19-8)18-15(22)12-6-10(21(23)24)3-4-13(12)16/h3-7H,1-2H3,(H,18,22). The van der Waals surface area contributed by atoms with Gasteiger partial charge in [-0.05, 0) is 19.1 Å². The Morgan fingerprint density at radius 2 is 2.12 bits per heavy atom. The Morgan fingerprint density at radius 3 is 2.83 bits per heavy atom. The summed E-state index contributed by atoms with van der Waals surface area (Å²) in [6, 6.07) is 5.44. The number of nitrogens with zero attached hydrogens (tertiary/aromatic N) is 4. The van der Waals surface area contributed by atoms with E-state index < -0.39 is 10.8 Å². The quantitative estimate of drug-likeness (QED) is 0.580. The van der Waals surface area contributed by atoms with Crippen LogP contribution in [0.5, 0.6) is 0 Å². The summed E-state index contributed by atoms with van der Waals surface area (Å²) in [6.07, 6.45) is 1.49. The van der Waals surface area contributed by atoms with Gasteiger partial charge < -0.3 is 5.32 Å². The van der Waals surface area contributed by atoms with E-state index >= 15 is 0 Å². The molecule has 0 saturated heterocycles. The van der Waals surface area contributed by atoms with E-state index in [2.05, 4.69) is 15.4 Å². The molecule has 2 heterocycles. The number of nitro groups is 1. The molecular weight excluding hydrogens is 334 g/mol. The highest BCUT2D eigenvalue weighted by molar-refractivity contribution is 6.34. The predicted molar refractivity (Wildman–Crippen MR) is 89.3 cm³/mol. The summed E-state index contributed by atoms with van der Waals surface area (Å²) >= 11 is 5.97. The van der Waals surface area contributed by atoms with Gasteiger partial charge in [0, 0.05) is 24.6 Å². The zero-order valence-corrected chi connectivity index (χ0v) is 13.5. The highest BCUT2D eigenvalue weighted by atomic mass is 35.5. The number of nitro benzene ring substituents is 1. The minimum atomic E-state index is -0.584. The first-order chi connectivity index (χ1) is 11.4. The van der Waals surface area contributed by atoms with Crippen molar-refractivity contribution >= 4 is 39.9 Å². The number of aromatic nitrogens is 3. The molecule has 24 heavy (non-hydrogen) atoms. The summed E-state index contributed by atoms with van der Waals surface area (Å²) in [6.45, 7) is 1.84. The minimum Gasteiger partial charge on any atom is -0.321 e. The number of rotatable bonds is 3. The first-order valence-corrected chi connectivity index (χ1v) is 7.29. The van der Waals surface area contributed by atoms with Gasteiger partial charge in [0.2, 0.25) is 0 Å². The lowest BCUT2D eigenvalue weighted by Gasteiger charge is -2.07. The molecule has 0 saturated carbocycles. The fourth-order valence-corrected chi connectivity index (χ4v) is 2.58. The Hall–Kier alpha value is -3.00. The molecule has 1 N–H and O–H groups in total. The Kier molecular flexibility index (Phi) is 3.90. The molecule has 0 fully saturated rings. The van der Waals surface area contributed by atoms with Gasteiger partial charge >= 0.3 is 0 Å². The molecule has 0 unspecified atom stereocenters. The lowest BCUT2D eigenvalue weighted by molar-refractivity contribution is -0.384. The summed E-state index contributed by atoms with van der Waals surface area (Å²) in [5.74, 6) is -0.550. The van der Waals surface area contributed by atoms with Gasteiger partial charge in [0.25, 0.3) is 11.6 Å². The largest absolute Gasteiger partial charge is 0.321 e. The molecule has 0 aliphatic heterocycles. The number of anilines is 1. The Bertz CT molecular complexity index is 983. The minimum absolute atomic E-state index is 0.0221. The topological polar surface area (TPSA) is 103 Å². The van der Waals surface area contributed by atoms with Crippen molar-refractivity contribution in [3.05, 3.63) is 56.9 Å². The highest BCUT2D eigenvalue weighted by Crippen LogP contribution is 2.24. The molecule has 1 amide bonds. The van der Waals surface area contributed by atoms with Crippen molar-refractivity contribution in [2.45, 2.75) is 6.92 Å². The molecule has 0 atom stereocenters. The normalized spacial score (nSPS) is 10.8. The second kappa shape index (κ2) is 5.89. The number of nitrogens with one attached hydrogen (secondary N) is 1. The van der Waals surface area contributed by atoms with Gasteiger partial charge in [-0.2, -0.15) is 5.10 Å². The van der Waals surface area contributed by atoms with Gasteiger partial charge in [0.1, 0.15) is 0 Å². The van der Waals surface area contributed by atoms with Gasteiger partial charge in [-0.25, -0.2) is 4.98 Å². The number of benzene rings is 1. The van der Waals surface area contributed by atoms with E-state index in [1.165, 1.54) is 18.3 Å². The molecule has 3 rings (SSSR count). The first kappa shape index (κ1) is 15.9. The molecular formula is C15H12ClN5O3. The Balaban J connectivity index is 1.94. The number of pyridine rings is 1. The van der Waals surface area contributed by atoms with Crippen LogP contribution < -0.4 is 5.32 Å². The van der Waals surface area contributed by atoms with Crippen LogP contribution in [-0.2, 0) is 7.05 Å². The lowest BCUT2D eigenvalue weighted by atomic mass is 10.2. The molecule has 0 bridgehead atoms. The van der Waals surface area contributed by atoms with Gasteiger partial charge in [0.15, 0.2) is 5.65 Å². The van der Waals surface area contributed by atoms with Crippen molar-refractivity contribution in [3.8, 4) is 0 Å². The van der Waals surface area contributed by atoms with Crippen LogP contribution in [0.2, 0.25) is 5.02 Å². The van der Waals surface area contributed by atoms with E-state index in [4.69, 9.17) is 11.6 Å². The van der Waals surface area contributed by atoms with Crippen LogP contribution in [0.15, 0.2) is 30.5 Å². The fourth-order valence-electron chi connectivity index (χ4n) is 2.38. The fraction of sp³-hybridized carbons (Fsp3) is 0.133. The molecule has 122 valence electrons. The van der Waals surface area contributed by atoms with Crippen LogP contribution in [0, 0.1) is 17.0 Å². The number of halogens is 1. The molecule has 1 aromatic carbocycles. The number of hydrogen-bond acceptors (Lipinski definition) is 5. The summed E-state index contributed by atoms with van der Waals surface area (Å²) in [4.78, 5) is 26.9.